The van der Waals surface area contributed by atoms with Crippen molar-refractivity contribution in [2.75, 3.05) is 6.54 Å². The lowest BCUT2D eigenvalue weighted by molar-refractivity contribution is -0.144. The highest BCUT2D eigenvalue weighted by molar-refractivity contribution is 5.87. The van der Waals surface area contributed by atoms with Crippen molar-refractivity contribution in [3.8, 4) is 0 Å². The predicted molar refractivity (Wildman–Crippen MR) is 63.9 cm³/mol. The molecule has 0 aliphatic carbocycles. The lowest BCUT2D eigenvalue weighted by atomic mass is 9.86. The Balaban J connectivity index is 4.63. The number of rotatable bonds is 8. The second kappa shape index (κ2) is 6.95. The third kappa shape index (κ3) is 4.70. The minimum Gasteiger partial charge on any atom is -0.481 e. The van der Waals surface area contributed by atoms with Crippen LogP contribution in [-0.4, -0.2) is 40.6 Å². The molecule has 5 N–H and O–H groups in total. The van der Waals surface area contributed by atoms with E-state index in [0.29, 0.717) is 6.42 Å². The zero-order chi connectivity index (χ0) is 14.3. The maximum Gasteiger partial charge on any atom is 0.326 e. The Morgan fingerprint density at radius 3 is 2.22 bits per heavy atom. The summed E-state index contributed by atoms with van der Waals surface area (Å²) in [6.45, 7) is 3.51. The van der Waals surface area contributed by atoms with Gasteiger partial charge in [0.25, 0.3) is 0 Å². The number of hydrogen-bond acceptors (Lipinski definition) is 4. The van der Waals surface area contributed by atoms with Gasteiger partial charge in [-0.3, -0.25) is 9.59 Å². The van der Waals surface area contributed by atoms with Crippen LogP contribution in [0.2, 0.25) is 0 Å². The fraction of sp³-hybridized carbons (Fsp3) is 0.727. The summed E-state index contributed by atoms with van der Waals surface area (Å²) in [6, 6.07) is -1.20. The molecule has 0 radical (unpaired) electrons. The minimum absolute atomic E-state index is 0.0978. The standard InChI is InChI=1S/C11H20N2O5/c1-3-11(2,6-12)10(18)13-7(9(16)17)4-5-8(14)15/h7H,3-6,12H2,1-2H3,(H,13,18)(H,14,15)(H,16,17)/t7-,11?/m0/s1. The fourth-order valence-electron chi connectivity index (χ4n) is 1.26. The first kappa shape index (κ1) is 16.4. The van der Waals surface area contributed by atoms with Crippen LogP contribution >= 0.6 is 0 Å². The van der Waals surface area contributed by atoms with Crippen LogP contribution in [0.5, 0.6) is 0 Å². The first-order chi connectivity index (χ1) is 8.26. The maximum absolute atomic E-state index is 11.9. The van der Waals surface area contributed by atoms with Crippen LogP contribution in [-0.2, 0) is 14.4 Å². The largest absolute Gasteiger partial charge is 0.481 e. The zero-order valence-corrected chi connectivity index (χ0v) is 10.6. The van der Waals surface area contributed by atoms with E-state index in [1.54, 1.807) is 13.8 Å². The second-order valence-electron chi connectivity index (χ2n) is 4.42. The van der Waals surface area contributed by atoms with Gasteiger partial charge in [0.05, 0.1) is 5.41 Å². The van der Waals surface area contributed by atoms with Gasteiger partial charge in [-0.1, -0.05) is 6.92 Å². The Morgan fingerprint density at radius 1 is 1.33 bits per heavy atom. The number of amides is 1. The zero-order valence-electron chi connectivity index (χ0n) is 10.6. The molecule has 104 valence electrons. The van der Waals surface area contributed by atoms with E-state index in [0.717, 1.165) is 0 Å². The van der Waals surface area contributed by atoms with Gasteiger partial charge in [-0.25, -0.2) is 4.79 Å². The van der Waals surface area contributed by atoms with Crippen molar-refractivity contribution in [1.29, 1.82) is 0 Å². The van der Waals surface area contributed by atoms with Gasteiger partial charge >= 0.3 is 11.9 Å². The van der Waals surface area contributed by atoms with Gasteiger partial charge in [-0.05, 0) is 19.8 Å². The summed E-state index contributed by atoms with van der Waals surface area (Å²) >= 11 is 0. The molecule has 0 fully saturated rings. The van der Waals surface area contributed by atoms with Crippen molar-refractivity contribution in [3.63, 3.8) is 0 Å². The molecule has 1 unspecified atom stereocenters. The number of nitrogens with two attached hydrogens (primary N) is 1. The summed E-state index contributed by atoms with van der Waals surface area (Å²) in [5.74, 6) is -2.82. The molecule has 7 heteroatoms. The monoisotopic (exact) mass is 260 g/mol. The van der Waals surface area contributed by atoms with E-state index < -0.39 is 29.3 Å². The molecule has 0 aliphatic heterocycles. The highest BCUT2D eigenvalue weighted by Gasteiger charge is 2.32. The van der Waals surface area contributed by atoms with Crippen molar-refractivity contribution in [2.45, 2.75) is 39.2 Å². The Hall–Kier alpha value is -1.63. The molecule has 0 saturated carbocycles. The maximum atomic E-state index is 11.9. The first-order valence-electron chi connectivity index (χ1n) is 5.72. The number of hydrogen-bond donors (Lipinski definition) is 4. The summed E-state index contributed by atoms with van der Waals surface area (Å²) in [6.07, 6.45) is 0.00405. The molecule has 18 heavy (non-hydrogen) atoms. The van der Waals surface area contributed by atoms with Crippen molar-refractivity contribution in [1.82, 2.24) is 5.32 Å². The summed E-state index contributed by atoms with van der Waals surface area (Å²) in [5.41, 5.74) is 4.65. The van der Waals surface area contributed by atoms with Crippen molar-refractivity contribution >= 4 is 17.8 Å². The van der Waals surface area contributed by atoms with Crippen molar-refractivity contribution in [3.05, 3.63) is 0 Å². The number of aliphatic carboxylic acids is 2. The number of carbonyl (C=O) groups is 3. The van der Waals surface area contributed by atoms with Gasteiger partial charge in [-0.15, -0.1) is 0 Å². The molecular formula is C11H20N2O5. The molecule has 0 heterocycles. The quantitative estimate of drug-likeness (QED) is 0.478. The molecule has 0 aromatic carbocycles. The van der Waals surface area contributed by atoms with Gasteiger partial charge in [0.2, 0.25) is 5.91 Å². The molecule has 2 atom stereocenters. The smallest absolute Gasteiger partial charge is 0.326 e. The highest BCUT2D eigenvalue weighted by Crippen LogP contribution is 2.19. The molecule has 0 saturated heterocycles. The van der Waals surface area contributed by atoms with Crippen molar-refractivity contribution in [2.24, 2.45) is 11.1 Å². The molecule has 1 amide bonds. The van der Waals surface area contributed by atoms with Crippen LogP contribution in [0.15, 0.2) is 0 Å². The number of carboxylic acid groups (broad SMARTS) is 2. The molecule has 7 nitrogen and oxygen atoms in total. The molecule has 0 aromatic heterocycles. The van der Waals surface area contributed by atoms with E-state index in [1.807, 2.05) is 0 Å². The molecule has 0 bridgehead atoms. The highest BCUT2D eigenvalue weighted by atomic mass is 16.4. The molecule has 0 spiro atoms. The summed E-state index contributed by atoms with van der Waals surface area (Å²) in [5, 5.41) is 19.7. The molecule has 0 aromatic rings. The van der Waals surface area contributed by atoms with Gasteiger partial charge in [-0.2, -0.15) is 0 Å². The van der Waals surface area contributed by atoms with Gasteiger partial charge in [0.15, 0.2) is 0 Å². The Labute approximate surface area is 105 Å². The second-order valence-corrected chi connectivity index (χ2v) is 4.42. The Morgan fingerprint density at radius 2 is 1.89 bits per heavy atom. The minimum atomic E-state index is -1.25. The number of carboxylic acids is 2. The van der Waals surface area contributed by atoms with E-state index in [9.17, 15) is 14.4 Å². The summed E-state index contributed by atoms with van der Waals surface area (Å²) in [7, 11) is 0. The third-order valence-corrected chi connectivity index (χ3v) is 3.03. The third-order valence-electron chi connectivity index (χ3n) is 3.03. The Bertz CT molecular complexity index is 325. The van der Waals surface area contributed by atoms with Crippen LogP contribution in [0.4, 0.5) is 0 Å². The average molecular weight is 260 g/mol. The number of nitrogens with one attached hydrogen (secondary N) is 1. The lowest BCUT2D eigenvalue weighted by Gasteiger charge is -2.27. The fourth-order valence-corrected chi connectivity index (χ4v) is 1.26. The predicted octanol–water partition coefficient (Wildman–Crippen LogP) is -0.204. The van der Waals surface area contributed by atoms with Crippen LogP contribution < -0.4 is 11.1 Å². The summed E-state index contributed by atoms with van der Waals surface area (Å²) < 4.78 is 0. The normalized spacial score (nSPS) is 15.5. The van der Waals surface area contributed by atoms with Crippen LogP contribution in [0.3, 0.4) is 0 Å². The average Bonchev–Trinajstić information content (AvgIpc) is 2.32. The Kier molecular flexibility index (Phi) is 6.32. The van der Waals surface area contributed by atoms with Crippen LogP contribution in [0, 0.1) is 5.41 Å². The van der Waals surface area contributed by atoms with E-state index in [4.69, 9.17) is 15.9 Å². The van der Waals surface area contributed by atoms with Crippen LogP contribution in [0.1, 0.15) is 33.1 Å². The molecule has 0 aliphatic rings. The lowest BCUT2D eigenvalue weighted by Crippen LogP contribution is -2.50. The topological polar surface area (TPSA) is 130 Å². The first-order valence-corrected chi connectivity index (χ1v) is 5.72. The van der Waals surface area contributed by atoms with Crippen molar-refractivity contribution < 1.29 is 24.6 Å². The SMILES string of the molecule is CCC(C)(CN)C(=O)N[C@@H](CCC(=O)O)C(=O)O. The molecular weight excluding hydrogens is 240 g/mol. The van der Waals surface area contributed by atoms with Gasteiger partial charge < -0.3 is 21.3 Å². The summed E-state index contributed by atoms with van der Waals surface area (Å²) in [4.78, 5) is 33.2. The van der Waals surface area contributed by atoms with Gasteiger partial charge in [0.1, 0.15) is 6.04 Å². The molecule has 0 rings (SSSR count). The van der Waals surface area contributed by atoms with E-state index in [1.165, 1.54) is 0 Å². The van der Waals surface area contributed by atoms with E-state index in [-0.39, 0.29) is 19.4 Å². The van der Waals surface area contributed by atoms with E-state index >= 15 is 0 Å². The van der Waals surface area contributed by atoms with E-state index in [2.05, 4.69) is 5.32 Å². The van der Waals surface area contributed by atoms with Gasteiger partial charge in [0, 0.05) is 13.0 Å². The van der Waals surface area contributed by atoms with Crippen LogP contribution in [0.25, 0.3) is 0 Å². The number of carbonyl (C=O) groups excluding carboxylic acids is 1.